The molecule has 0 atom stereocenters. The second-order valence-electron chi connectivity index (χ2n) is 4.84. The van der Waals surface area contributed by atoms with Gasteiger partial charge in [0, 0.05) is 16.0 Å². The highest BCUT2D eigenvalue weighted by Gasteiger charge is 2.13. The lowest BCUT2D eigenvalue weighted by atomic mass is 9.93. The standard InChI is InChI=1S/C18H15ClO/c1-2-12-11-14-5-3-4-6-16(14)18(20)17(12)13-7-9-15(19)10-8-13/h3-11,20H,2H2,1H3. The Balaban J connectivity index is 2.33. The van der Waals surface area contributed by atoms with Crippen molar-refractivity contribution in [1.29, 1.82) is 0 Å². The molecule has 0 saturated heterocycles. The molecule has 20 heavy (non-hydrogen) atoms. The molecule has 0 heterocycles. The van der Waals surface area contributed by atoms with Crippen LogP contribution in [-0.4, -0.2) is 5.11 Å². The maximum absolute atomic E-state index is 10.7. The molecule has 0 unspecified atom stereocenters. The molecule has 0 aliphatic heterocycles. The maximum Gasteiger partial charge on any atom is 0.131 e. The minimum Gasteiger partial charge on any atom is -0.507 e. The van der Waals surface area contributed by atoms with Crippen molar-refractivity contribution in [1.82, 2.24) is 0 Å². The molecule has 0 amide bonds. The molecule has 0 saturated carbocycles. The van der Waals surface area contributed by atoms with Crippen molar-refractivity contribution >= 4 is 22.4 Å². The molecule has 3 rings (SSSR count). The molecule has 2 heteroatoms. The van der Waals surface area contributed by atoms with Crippen LogP contribution in [0.5, 0.6) is 5.75 Å². The van der Waals surface area contributed by atoms with E-state index in [9.17, 15) is 5.11 Å². The number of phenols is 1. The number of phenolic OH excluding ortho intramolecular Hbond substituents is 1. The summed E-state index contributed by atoms with van der Waals surface area (Å²) < 4.78 is 0. The Morgan fingerprint density at radius 1 is 1.00 bits per heavy atom. The molecule has 0 radical (unpaired) electrons. The van der Waals surface area contributed by atoms with Crippen molar-refractivity contribution in [2.45, 2.75) is 13.3 Å². The van der Waals surface area contributed by atoms with Gasteiger partial charge >= 0.3 is 0 Å². The highest BCUT2D eigenvalue weighted by atomic mass is 35.5. The SMILES string of the molecule is CCc1cc2ccccc2c(O)c1-c1ccc(Cl)cc1. The summed E-state index contributed by atoms with van der Waals surface area (Å²) in [5, 5.41) is 13.3. The molecule has 3 aromatic carbocycles. The van der Waals surface area contributed by atoms with E-state index in [1.807, 2.05) is 48.5 Å². The highest BCUT2D eigenvalue weighted by Crippen LogP contribution is 2.39. The van der Waals surface area contributed by atoms with Crippen molar-refractivity contribution in [3.05, 3.63) is 65.2 Å². The van der Waals surface area contributed by atoms with Crippen LogP contribution in [0.25, 0.3) is 21.9 Å². The number of aryl methyl sites for hydroxylation is 1. The number of halogens is 1. The Morgan fingerprint density at radius 2 is 1.70 bits per heavy atom. The van der Waals surface area contributed by atoms with E-state index in [0.29, 0.717) is 10.8 Å². The fraction of sp³-hybridized carbons (Fsp3) is 0.111. The molecule has 0 bridgehead atoms. The highest BCUT2D eigenvalue weighted by molar-refractivity contribution is 6.30. The zero-order chi connectivity index (χ0) is 14.1. The van der Waals surface area contributed by atoms with Crippen molar-refractivity contribution < 1.29 is 5.11 Å². The van der Waals surface area contributed by atoms with Crippen molar-refractivity contribution in [3.63, 3.8) is 0 Å². The van der Waals surface area contributed by atoms with E-state index in [2.05, 4.69) is 13.0 Å². The molecule has 100 valence electrons. The molecule has 1 nitrogen and oxygen atoms in total. The van der Waals surface area contributed by atoms with Gasteiger partial charge < -0.3 is 5.11 Å². The molecule has 3 aromatic rings. The predicted octanol–water partition coefficient (Wildman–Crippen LogP) is 5.43. The molecule has 0 aromatic heterocycles. The summed E-state index contributed by atoms with van der Waals surface area (Å²) >= 11 is 5.95. The largest absolute Gasteiger partial charge is 0.507 e. The third-order valence-electron chi connectivity index (χ3n) is 3.62. The molecule has 0 spiro atoms. The third kappa shape index (κ3) is 2.14. The lowest BCUT2D eigenvalue weighted by molar-refractivity contribution is 0.483. The van der Waals surface area contributed by atoms with Crippen LogP contribution >= 0.6 is 11.6 Å². The van der Waals surface area contributed by atoms with Gasteiger partial charge in [0.2, 0.25) is 0 Å². The van der Waals surface area contributed by atoms with Gasteiger partial charge in [-0.15, -0.1) is 0 Å². The average molecular weight is 283 g/mol. The van der Waals surface area contributed by atoms with Crippen molar-refractivity contribution in [3.8, 4) is 16.9 Å². The first-order valence-corrected chi connectivity index (χ1v) is 7.08. The molecule has 0 aliphatic carbocycles. The average Bonchev–Trinajstić information content (AvgIpc) is 2.48. The van der Waals surface area contributed by atoms with Gasteiger partial charge in [0.1, 0.15) is 5.75 Å². The van der Waals surface area contributed by atoms with Crippen LogP contribution in [0.1, 0.15) is 12.5 Å². The van der Waals surface area contributed by atoms with Crippen LogP contribution in [0.4, 0.5) is 0 Å². The predicted molar refractivity (Wildman–Crippen MR) is 85.4 cm³/mol. The molecular formula is C18H15ClO. The Hall–Kier alpha value is -1.99. The van der Waals surface area contributed by atoms with Gasteiger partial charge in [-0.25, -0.2) is 0 Å². The van der Waals surface area contributed by atoms with Crippen LogP contribution in [0.15, 0.2) is 54.6 Å². The fourth-order valence-corrected chi connectivity index (χ4v) is 2.73. The summed E-state index contributed by atoms with van der Waals surface area (Å²) in [4.78, 5) is 0. The lowest BCUT2D eigenvalue weighted by Gasteiger charge is -2.14. The third-order valence-corrected chi connectivity index (χ3v) is 3.87. The van der Waals surface area contributed by atoms with Gasteiger partial charge in [0.05, 0.1) is 0 Å². The normalized spacial score (nSPS) is 10.9. The zero-order valence-corrected chi connectivity index (χ0v) is 12.0. The topological polar surface area (TPSA) is 20.2 Å². The van der Waals surface area contributed by atoms with Gasteiger partial charge in [-0.2, -0.15) is 0 Å². The monoisotopic (exact) mass is 282 g/mol. The smallest absolute Gasteiger partial charge is 0.131 e. The Morgan fingerprint density at radius 3 is 2.40 bits per heavy atom. The van der Waals surface area contributed by atoms with E-state index in [0.717, 1.165) is 33.9 Å². The number of aromatic hydroxyl groups is 1. The van der Waals surface area contributed by atoms with Crippen LogP contribution in [-0.2, 0) is 6.42 Å². The quantitative estimate of drug-likeness (QED) is 0.664. The minimum atomic E-state index is 0.349. The number of rotatable bonds is 2. The van der Waals surface area contributed by atoms with Crippen LogP contribution in [0, 0.1) is 0 Å². The van der Waals surface area contributed by atoms with E-state index in [1.165, 1.54) is 0 Å². The van der Waals surface area contributed by atoms with Crippen molar-refractivity contribution in [2.24, 2.45) is 0 Å². The van der Waals surface area contributed by atoms with Gasteiger partial charge in [-0.3, -0.25) is 0 Å². The summed E-state index contributed by atoms with van der Waals surface area (Å²) in [7, 11) is 0. The summed E-state index contributed by atoms with van der Waals surface area (Å²) in [5.74, 6) is 0.349. The second-order valence-corrected chi connectivity index (χ2v) is 5.28. The first kappa shape index (κ1) is 13.0. The zero-order valence-electron chi connectivity index (χ0n) is 11.2. The van der Waals surface area contributed by atoms with E-state index in [1.54, 1.807) is 0 Å². The summed E-state index contributed by atoms with van der Waals surface area (Å²) in [6, 6.07) is 17.7. The fourth-order valence-electron chi connectivity index (χ4n) is 2.60. The van der Waals surface area contributed by atoms with Crippen LogP contribution < -0.4 is 0 Å². The number of hydrogen-bond donors (Lipinski definition) is 1. The summed E-state index contributed by atoms with van der Waals surface area (Å²) in [5.41, 5.74) is 3.04. The summed E-state index contributed by atoms with van der Waals surface area (Å²) in [6.07, 6.45) is 0.871. The van der Waals surface area contributed by atoms with Gasteiger partial charge in [-0.1, -0.05) is 61.0 Å². The van der Waals surface area contributed by atoms with Gasteiger partial charge in [0.15, 0.2) is 0 Å². The Kier molecular flexibility index (Phi) is 3.37. The molecule has 0 fully saturated rings. The summed E-state index contributed by atoms with van der Waals surface area (Å²) in [6.45, 7) is 2.10. The van der Waals surface area contributed by atoms with Gasteiger partial charge in [0.25, 0.3) is 0 Å². The first-order valence-electron chi connectivity index (χ1n) is 6.70. The van der Waals surface area contributed by atoms with E-state index < -0.39 is 0 Å². The lowest BCUT2D eigenvalue weighted by Crippen LogP contribution is -1.90. The van der Waals surface area contributed by atoms with Gasteiger partial charge in [-0.05, 0) is 35.1 Å². The van der Waals surface area contributed by atoms with Crippen LogP contribution in [0.3, 0.4) is 0 Å². The number of benzene rings is 3. The molecule has 0 aliphatic rings. The second kappa shape index (κ2) is 5.18. The minimum absolute atomic E-state index is 0.349. The van der Waals surface area contributed by atoms with Crippen molar-refractivity contribution in [2.75, 3.05) is 0 Å². The molecular weight excluding hydrogens is 268 g/mol. The number of hydrogen-bond acceptors (Lipinski definition) is 1. The number of fused-ring (bicyclic) bond motifs is 1. The molecule has 1 N–H and O–H groups in total. The van der Waals surface area contributed by atoms with E-state index in [-0.39, 0.29) is 0 Å². The van der Waals surface area contributed by atoms with Crippen LogP contribution in [0.2, 0.25) is 5.02 Å². The Bertz CT molecular complexity index is 760. The maximum atomic E-state index is 10.7. The van der Waals surface area contributed by atoms with E-state index >= 15 is 0 Å². The Labute approximate surface area is 123 Å². The van der Waals surface area contributed by atoms with E-state index in [4.69, 9.17) is 11.6 Å². The first-order chi connectivity index (χ1) is 9.70.